The standard InChI is InChI=1S/C19H12Cl2N4/c20-14-7-3-2-6-12(14)16-10-17(25-19(22)24-16)13-9-11-5-1-4-8-15(11)23-18(13)21/h1-10H,(H2,22,24,25). The van der Waals surface area contributed by atoms with Gasteiger partial charge in [0, 0.05) is 21.5 Å². The van der Waals surface area contributed by atoms with E-state index < -0.39 is 0 Å². The number of fused-ring (bicyclic) bond motifs is 1. The number of nitrogen functional groups attached to an aromatic ring is 1. The summed E-state index contributed by atoms with van der Waals surface area (Å²) in [5.74, 6) is 0.150. The van der Waals surface area contributed by atoms with Crippen LogP contribution >= 0.6 is 23.2 Å². The summed E-state index contributed by atoms with van der Waals surface area (Å²) in [6.45, 7) is 0. The van der Waals surface area contributed by atoms with E-state index in [-0.39, 0.29) is 5.95 Å². The molecule has 0 fully saturated rings. The molecule has 0 aliphatic carbocycles. The number of pyridine rings is 1. The third-order valence-electron chi connectivity index (χ3n) is 3.85. The van der Waals surface area contributed by atoms with Gasteiger partial charge in [0.15, 0.2) is 0 Å². The molecule has 4 rings (SSSR count). The van der Waals surface area contributed by atoms with Gasteiger partial charge in [0.2, 0.25) is 5.95 Å². The predicted octanol–water partition coefficient (Wildman–Crippen LogP) is 5.25. The van der Waals surface area contributed by atoms with E-state index in [4.69, 9.17) is 28.9 Å². The molecule has 0 spiro atoms. The van der Waals surface area contributed by atoms with Crippen LogP contribution in [0.15, 0.2) is 60.7 Å². The number of nitrogens with two attached hydrogens (primary N) is 1. The molecule has 2 aromatic heterocycles. The van der Waals surface area contributed by atoms with Crippen LogP contribution in [0.4, 0.5) is 5.95 Å². The molecular weight excluding hydrogens is 355 g/mol. The largest absolute Gasteiger partial charge is 0.368 e. The van der Waals surface area contributed by atoms with Crippen molar-refractivity contribution in [2.24, 2.45) is 0 Å². The zero-order chi connectivity index (χ0) is 17.4. The minimum absolute atomic E-state index is 0.150. The van der Waals surface area contributed by atoms with E-state index in [1.807, 2.05) is 54.6 Å². The van der Waals surface area contributed by atoms with Crippen LogP contribution < -0.4 is 5.73 Å². The summed E-state index contributed by atoms with van der Waals surface area (Å²) in [6.07, 6.45) is 0. The van der Waals surface area contributed by atoms with Gasteiger partial charge in [-0.1, -0.05) is 59.6 Å². The highest BCUT2D eigenvalue weighted by atomic mass is 35.5. The first kappa shape index (κ1) is 15.8. The Labute approximate surface area is 154 Å². The molecule has 0 aliphatic rings. The Morgan fingerprint density at radius 1 is 0.720 bits per heavy atom. The fourth-order valence-electron chi connectivity index (χ4n) is 2.68. The lowest BCUT2D eigenvalue weighted by molar-refractivity contribution is 1.19. The summed E-state index contributed by atoms with van der Waals surface area (Å²) in [5.41, 5.74) is 9.46. The third kappa shape index (κ3) is 3.02. The molecular formula is C19H12Cl2N4. The van der Waals surface area contributed by atoms with E-state index in [0.717, 1.165) is 16.5 Å². The number of hydrogen-bond donors (Lipinski definition) is 1. The highest BCUT2D eigenvalue weighted by molar-refractivity contribution is 6.33. The topological polar surface area (TPSA) is 64.7 Å². The van der Waals surface area contributed by atoms with Gasteiger partial charge in [-0.25, -0.2) is 15.0 Å². The predicted molar refractivity (Wildman–Crippen MR) is 103 cm³/mol. The zero-order valence-electron chi connectivity index (χ0n) is 12.9. The van der Waals surface area contributed by atoms with Crippen LogP contribution in [-0.4, -0.2) is 15.0 Å². The smallest absolute Gasteiger partial charge is 0.221 e. The first-order valence-corrected chi connectivity index (χ1v) is 8.32. The second kappa shape index (κ2) is 6.31. The molecule has 6 heteroatoms. The Morgan fingerprint density at radius 3 is 2.20 bits per heavy atom. The van der Waals surface area contributed by atoms with Crippen molar-refractivity contribution in [3.8, 4) is 22.5 Å². The summed E-state index contributed by atoms with van der Waals surface area (Å²) in [4.78, 5) is 13.1. The van der Waals surface area contributed by atoms with Gasteiger partial charge in [-0.15, -0.1) is 0 Å². The van der Waals surface area contributed by atoms with Crippen molar-refractivity contribution in [3.63, 3.8) is 0 Å². The summed E-state index contributed by atoms with van der Waals surface area (Å²) >= 11 is 12.7. The average Bonchev–Trinajstić information content (AvgIpc) is 2.61. The third-order valence-corrected chi connectivity index (χ3v) is 4.46. The second-order valence-corrected chi connectivity index (χ2v) is 6.26. The summed E-state index contributed by atoms with van der Waals surface area (Å²) in [6, 6.07) is 19.0. The quantitative estimate of drug-likeness (QED) is 0.492. The Hall–Kier alpha value is -2.69. The van der Waals surface area contributed by atoms with Gasteiger partial charge in [-0.3, -0.25) is 0 Å². The van der Waals surface area contributed by atoms with Crippen LogP contribution in [0.3, 0.4) is 0 Å². The fraction of sp³-hybridized carbons (Fsp3) is 0. The molecule has 0 bridgehead atoms. The number of nitrogens with zero attached hydrogens (tertiary/aromatic N) is 3. The molecule has 25 heavy (non-hydrogen) atoms. The van der Waals surface area contributed by atoms with E-state index in [2.05, 4.69) is 15.0 Å². The van der Waals surface area contributed by atoms with Crippen molar-refractivity contribution >= 4 is 40.1 Å². The van der Waals surface area contributed by atoms with Gasteiger partial charge in [0.25, 0.3) is 0 Å². The second-order valence-electron chi connectivity index (χ2n) is 5.50. The minimum Gasteiger partial charge on any atom is -0.368 e. The van der Waals surface area contributed by atoms with Gasteiger partial charge >= 0.3 is 0 Å². The number of hydrogen-bond acceptors (Lipinski definition) is 4. The lowest BCUT2D eigenvalue weighted by atomic mass is 10.1. The number of para-hydroxylation sites is 1. The van der Waals surface area contributed by atoms with Crippen LogP contribution in [0.25, 0.3) is 33.4 Å². The van der Waals surface area contributed by atoms with Crippen molar-refractivity contribution in [1.29, 1.82) is 0 Å². The Bertz CT molecular complexity index is 1100. The van der Waals surface area contributed by atoms with E-state index >= 15 is 0 Å². The summed E-state index contributed by atoms with van der Waals surface area (Å²) in [5, 5.41) is 1.93. The molecule has 4 nitrogen and oxygen atoms in total. The maximum absolute atomic E-state index is 6.38. The van der Waals surface area contributed by atoms with Crippen LogP contribution in [-0.2, 0) is 0 Å². The minimum atomic E-state index is 0.150. The lowest BCUT2D eigenvalue weighted by Gasteiger charge is -2.09. The lowest BCUT2D eigenvalue weighted by Crippen LogP contribution is -1.99. The molecule has 0 radical (unpaired) electrons. The van der Waals surface area contributed by atoms with Gasteiger partial charge in [0.05, 0.1) is 16.9 Å². The molecule has 0 saturated heterocycles. The first-order chi connectivity index (χ1) is 12.1. The summed E-state index contributed by atoms with van der Waals surface area (Å²) in [7, 11) is 0. The van der Waals surface area contributed by atoms with E-state index in [1.54, 1.807) is 6.07 Å². The fourth-order valence-corrected chi connectivity index (χ4v) is 3.16. The first-order valence-electron chi connectivity index (χ1n) is 7.57. The molecule has 0 unspecified atom stereocenters. The zero-order valence-corrected chi connectivity index (χ0v) is 14.5. The van der Waals surface area contributed by atoms with Crippen LogP contribution in [0.2, 0.25) is 10.2 Å². The highest BCUT2D eigenvalue weighted by Gasteiger charge is 2.13. The van der Waals surface area contributed by atoms with Gasteiger partial charge in [-0.05, 0) is 24.3 Å². The molecule has 2 aromatic carbocycles. The van der Waals surface area contributed by atoms with Gasteiger partial charge < -0.3 is 5.73 Å². The van der Waals surface area contributed by atoms with Crippen LogP contribution in [0.1, 0.15) is 0 Å². The van der Waals surface area contributed by atoms with Crippen LogP contribution in [0.5, 0.6) is 0 Å². The maximum Gasteiger partial charge on any atom is 0.221 e. The monoisotopic (exact) mass is 366 g/mol. The molecule has 0 atom stereocenters. The van der Waals surface area contributed by atoms with Crippen molar-refractivity contribution < 1.29 is 0 Å². The molecule has 0 amide bonds. The number of anilines is 1. The van der Waals surface area contributed by atoms with Crippen molar-refractivity contribution in [3.05, 3.63) is 70.8 Å². The van der Waals surface area contributed by atoms with E-state index in [0.29, 0.717) is 27.1 Å². The Balaban J connectivity index is 1.92. The normalized spacial score (nSPS) is 11.0. The number of halogens is 2. The molecule has 2 heterocycles. The van der Waals surface area contributed by atoms with Gasteiger partial charge in [0.1, 0.15) is 5.15 Å². The SMILES string of the molecule is Nc1nc(-c2ccccc2Cl)cc(-c2cc3ccccc3nc2Cl)n1. The molecule has 0 aliphatic heterocycles. The maximum atomic E-state index is 6.38. The van der Waals surface area contributed by atoms with Crippen molar-refractivity contribution in [2.45, 2.75) is 0 Å². The van der Waals surface area contributed by atoms with E-state index in [9.17, 15) is 0 Å². The van der Waals surface area contributed by atoms with E-state index in [1.165, 1.54) is 0 Å². The molecule has 0 saturated carbocycles. The Morgan fingerprint density at radius 2 is 1.40 bits per heavy atom. The molecule has 2 N–H and O–H groups in total. The van der Waals surface area contributed by atoms with Crippen molar-refractivity contribution in [1.82, 2.24) is 15.0 Å². The average molecular weight is 367 g/mol. The molecule has 122 valence electrons. The number of rotatable bonds is 2. The Kier molecular flexibility index (Phi) is 3.99. The number of aromatic nitrogens is 3. The van der Waals surface area contributed by atoms with Gasteiger partial charge in [-0.2, -0.15) is 0 Å². The van der Waals surface area contributed by atoms with Crippen LogP contribution in [0, 0.1) is 0 Å². The highest BCUT2D eigenvalue weighted by Crippen LogP contribution is 2.33. The number of benzene rings is 2. The van der Waals surface area contributed by atoms with Crippen molar-refractivity contribution in [2.75, 3.05) is 5.73 Å². The summed E-state index contributed by atoms with van der Waals surface area (Å²) < 4.78 is 0. The molecule has 4 aromatic rings.